The summed E-state index contributed by atoms with van der Waals surface area (Å²) in [4.78, 5) is 13.8. The van der Waals surface area contributed by atoms with Gasteiger partial charge in [0, 0.05) is 11.5 Å². The predicted octanol–water partition coefficient (Wildman–Crippen LogP) is 2.46. The fourth-order valence-electron chi connectivity index (χ4n) is 2.10. The molecule has 1 heterocycles. The molecule has 2 rings (SSSR count). The lowest BCUT2D eigenvalue weighted by molar-refractivity contribution is -0.132. The van der Waals surface area contributed by atoms with Gasteiger partial charge in [0.05, 0.1) is 12.6 Å². The van der Waals surface area contributed by atoms with Crippen LogP contribution in [0.25, 0.3) is 0 Å². The van der Waals surface area contributed by atoms with Crippen molar-refractivity contribution in [2.75, 3.05) is 26.7 Å². The first-order chi connectivity index (χ1) is 9.16. The van der Waals surface area contributed by atoms with Gasteiger partial charge < -0.3 is 15.0 Å². The van der Waals surface area contributed by atoms with Crippen LogP contribution in [0, 0.1) is 0 Å². The lowest BCUT2D eigenvalue weighted by atomic mass is 10.2. The van der Waals surface area contributed by atoms with Gasteiger partial charge in [-0.1, -0.05) is 15.9 Å². The molecule has 6 heteroatoms. The summed E-state index contributed by atoms with van der Waals surface area (Å²) in [7, 11) is 1.83. The van der Waals surface area contributed by atoms with Gasteiger partial charge in [0.1, 0.15) is 12.4 Å². The molecule has 0 spiro atoms. The van der Waals surface area contributed by atoms with Crippen LogP contribution in [0.2, 0.25) is 0 Å². The highest BCUT2D eigenvalue weighted by molar-refractivity contribution is 9.10. The maximum atomic E-state index is 12.0. The number of benzene rings is 1. The quantitative estimate of drug-likeness (QED) is 0.874. The third-order valence-electron chi connectivity index (χ3n) is 3.24. The minimum atomic E-state index is -0.00215. The number of rotatable bonds is 5. The zero-order chi connectivity index (χ0) is 13.7. The number of likely N-dealkylation sites (N-methyl/N-ethyl adjacent to an activating group) is 1. The highest BCUT2D eigenvalue weighted by Crippen LogP contribution is 2.16. The Bertz CT molecular complexity index is 422. The van der Waals surface area contributed by atoms with Crippen molar-refractivity contribution in [1.29, 1.82) is 0 Å². The molecule has 1 unspecified atom stereocenters. The average Bonchev–Trinajstić information content (AvgIpc) is 2.94. The largest absolute Gasteiger partial charge is 0.492 e. The number of carbonyl (C=O) groups is 1. The van der Waals surface area contributed by atoms with Gasteiger partial charge in [-0.05, 0) is 43.7 Å². The molecule has 0 bridgehead atoms. The molecule has 1 amide bonds. The summed E-state index contributed by atoms with van der Waals surface area (Å²) < 4.78 is 6.64. The molecule has 1 aromatic carbocycles. The van der Waals surface area contributed by atoms with Crippen LogP contribution in [0.4, 0.5) is 0 Å². The monoisotopic (exact) mass is 362 g/mol. The molecule has 1 fully saturated rings. The Balaban J connectivity index is 0.00000200. The normalized spacial score (nSPS) is 17.4. The van der Waals surface area contributed by atoms with Crippen molar-refractivity contribution in [3.8, 4) is 5.75 Å². The van der Waals surface area contributed by atoms with Gasteiger partial charge >= 0.3 is 0 Å². The highest BCUT2D eigenvalue weighted by Gasteiger charge is 2.24. The van der Waals surface area contributed by atoms with Gasteiger partial charge in [0.15, 0.2) is 0 Å². The van der Waals surface area contributed by atoms with Crippen molar-refractivity contribution in [3.63, 3.8) is 0 Å². The fraction of sp³-hybridized carbons (Fsp3) is 0.500. The third-order valence-corrected chi connectivity index (χ3v) is 3.77. The molecule has 1 saturated heterocycles. The van der Waals surface area contributed by atoms with Crippen molar-refractivity contribution in [2.45, 2.75) is 18.9 Å². The van der Waals surface area contributed by atoms with E-state index < -0.39 is 0 Å². The standard InChI is InChI=1S/C14H19BrN2O2.ClH/c1-17(14(18)13-3-2-8-16-13)9-10-19-12-6-4-11(15)5-7-12;/h4-7,13,16H,2-3,8-10H2,1H3;1H. The Hall–Kier alpha value is -0.780. The minimum Gasteiger partial charge on any atom is -0.492 e. The zero-order valence-electron chi connectivity index (χ0n) is 11.5. The SMILES string of the molecule is CN(CCOc1ccc(Br)cc1)C(=O)C1CCCN1.Cl. The molecule has 0 radical (unpaired) electrons. The summed E-state index contributed by atoms with van der Waals surface area (Å²) in [5.41, 5.74) is 0. The second-order valence-corrected chi connectivity index (χ2v) is 5.63. The third kappa shape index (κ3) is 4.96. The number of halogens is 2. The van der Waals surface area contributed by atoms with Gasteiger partial charge in [-0.2, -0.15) is 0 Å². The van der Waals surface area contributed by atoms with E-state index in [2.05, 4.69) is 21.2 Å². The summed E-state index contributed by atoms with van der Waals surface area (Å²) in [5, 5.41) is 3.21. The Morgan fingerprint density at radius 3 is 2.75 bits per heavy atom. The molecule has 112 valence electrons. The second kappa shape index (κ2) is 8.49. The van der Waals surface area contributed by atoms with Crippen LogP contribution in [-0.2, 0) is 4.79 Å². The molecule has 1 aliphatic heterocycles. The van der Waals surface area contributed by atoms with Crippen LogP contribution >= 0.6 is 28.3 Å². The molecular formula is C14H20BrClN2O2. The van der Waals surface area contributed by atoms with Gasteiger partial charge in [-0.3, -0.25) is 4.79 Å². The van der Waals surface area contributed by atoms with E-state index in [1.54, 1.807) is 4.90 Å². The summed E-state index contributed by atoms with van der Waals surface area (Å²) in [6.07, 6.45) is 2.02. The van der Waals surface area contributed by atoms with Crippen molar-refractivity contribution in [2.24, 2.45) is 0 Å². The van der Waals surface area contributed by atoms with Crippen LogP contribution in [0.1, 0.15) is 12.8 Å². The van der Waals surface area contributed by atoms with E-state index >= 15 is 0 Å². The smallest absolute Gasteiger partial charge is 0.239 e. The molecule has 4 nitrogen and oxygen atoms in total. The lowest BCUT2D eigenvalue weighted by Crippen LogP contribution is -2.43. The topological polar surface area (TPSA) is 41.6 Å². The van der Waals surface area contributed by atoms with Gasteiger partial charge in [-0.25, -0.2) is 0 Å². The van der Waals surface area contributed by atoms with Crippen molar-refractivity contribution < 1.29 is 9.53 Å². The predicted molar refractivity (Wildman–Crippen MR) is 85.5 cm³/mol. The van der Waals surface area contributed by atoms with E-state index in [-0.39, 0.29) is 24.4 Å². The average molecular weight is 364 g/mol. The molecule has 0 saturated carbocycles. The summed E-state index contributed by atoms with van der Waals surface area (Å²) in [5.74, 6) is 0.986. The molecule has 1 aromatic rings. The first kappa shape index (κ1) is 17.3. The van der Waals surface area contributed by atoms with Crippen LogP contribution in [0.5, 0.6) is 5.75 Å². The number of ether oxygens (including phenoxy) is 1. The second-order valence-electron chi connectivity index (χ2n) is 4.71. The molecule has 0 aromatic heterocycles. The minimum absolute atomic E-state index is 0. The van der Waals surface area contributed by atoms with Crippen LogP contribution in [-0.4, -0.2) is 43.6 Å². The van der Waals surface area contributed by atoms with Gasteiger partial charge in [0.25, 0.3) is 0 Å². The van der Waals surface area contributed by atoms with E-state index in [0.29, 0.717) is 13.2 Å². The van der Waals surface area contributed by atoms with Gasteiger partial charge in [0.2, 0.25) is 5.91 Å². The summed E-state index contributed by atoms with van der Waals surface area (Å²) in [6, 6.07) is 7.69. The molecule has 1 N–H and O–H groups in total. The van der Waals surface area contributed by atoms with Crippen molar-refractivity contribution in [3.05, 3.63) is 28.7 Å². The van der Waals surface area contributed by atoms with E-state index in [1.807, 2.05) is 31.3 Å². The Kier molecular flexibility index (Phi) is 7.34. The Morgan fingerprint density at radius 2 is 2.15 bits per heavy atom. The van der Waals surface area contributed by atoms with E-state index in [0.717, 1.165) is 29.6 Å². The van der Waals surface area contributed by atoms with Crippen molar-refractivity contribution in [1.82, 2.24) is 10.2 Å². The fourth-order valence-corrected chi connectivity index (χ4v) is 2.37. The van der Waals surface area contributed by atoms with E-state index in [4.69, 9.17) is 4.74 Å². The molecule has 20 heavy (non-hydrogen) atoms. The zero-order valence-corrected chi connectivity index (χ0v) is 13.9. The maximum absolute atomic E-state index is 12.0. The number of hydrogen-bond donors (Lipinski definition) is 1. The highest BCUT2D eigenvalue weighted by atomic mass is 79.9. The van der Waals surface area contributed by atoms with Crippen molar-refractivity contribution >= 4 is 34.2 Å². The number of amides is 1. The summed E-state index contributed by atoms with van der Waals surface area (Å²) in [6.45, 7) is 2.06. The van der Waals surface area contributed by atoms with Crippen LogP contribution in [0.15, 0.2) is 28.7 Å². The van der Waals surface area contributed by atoms with Crippen LogP contribution in [0.3, 0.4) is 0 Å². The molecular weight excluding hydrogens is 344 g/mol. The Morgan fingerprint density at radius 1 is 1.45 bits per heavy atom. The van der Waals surface area contributed by atoms with Crippen LogP contribution < -0.4 is 10.1 Å². The first-order valence-corrected chi connectivity index (χ1v) is 7.33. The van der Waals surface area contributed by atoms with E-state index in [1.165, 1.54) is 0 Å². The molecule has 1 aliphatic rings. The maximum Gasteiger partial charge on any atom is 0.239 e. The summed E-state index contributed by atoms with van der Waals surface area (Å²) >= 11 is 3.38. The lowest BCUT2D eigenvalue weighted by Gasteiger charge is -2.21. The number of nitrogens with zero attached hydrogens (tertiary/aromatic N) is 1. The number of nitrogens with one attached hydrogen (secondary N) is 1. The number of carbonyl (C=O) groups excluding carboxylic acids is 1. The molecule has 0 aliphatic carbocycles. The first-order valence-electron chi connectivity index (χ1n) is 6.53. The van der Waals surface area contributed by atoms with Gasteiger partial charge in [-0.15, -0.1) is 12.4 Å². The molecule has 1 atom stereocenters. The Labute approximate surface area is 134 Å². The number of hydrogen-bond acceptors (Lipinski definition) is 3. The van der Waals surface area contributed by atoms with E-state index in [9.17, 15) is 4.79 Å².